The summed E-state index contributed by atoms with van der Waals surface area (Å²) < 4.78 is 5.57. The van der Waals surface area contributed by atoms with Crippen molar-refractivity contribution in [3.8, 4) is 0 Å². The van der Waals surface area contributed by atoms with E-state index in [1.54, 1.807) is 0 Å². The van der Waals surface area contributed by atoms with Crippen molar-refractivity contribution in [1.82, 2.24) is 20.3 Å². The Bertz CT molecular complexity index is 631. The molecule has 2 fully saturated rings. The van der Waals surface area contributed by atoms with Crippen molar-refractivity contribution in [2.75, 3.05) is 26.3 Å². The molecule has 126 valence electrons. The molecule has 2 saturated heterocycles. The summed E-state index contributed by atoms with van der Waals surface area (Å²) >= 11 is 0. The molecule has 4 heterocycles. The highest BCUT2D eigenvalue weighted by Crippen LogP contribution is 2.32. The Morgan fingerprint density at radius 2 is 1.91 bits per heavy atom. The molecule has 2 aliphatic heterocycles. The lowest BCUT2D eigenvalue weighted by molar-refractivity contribution is 0.143. The van der Waals surface area contributed by atoms with Crippen molar-refractivity contribution < 1.29 is 4.74 Å². The van der Waals surface area contributed by atoms with E-state index in [2.05, 4.69) is 21.4 Å². The molecule has 5 nitrogen and oxygen atoms in total. The number of halogens is 1. The molecule has 0 bridgehead atoms. The normalized spacial score (nSPS) is 23.4. The molecule has 6 heteroatoms. The number of piperidine rings is 1. The maximum absolute atomic E-state index is 5.57. The smallest absolute Gasteiger partial charge is 0.177 e. The topological polar surface area (TPSA) is 62.8 Å². The number of nitrogens with zero attached hydrogens (tertiary/aromatic N) is 2. The second-order valence-corrected chi connectivity index (χ2v) is 6.49. The van der Waals surface area contributed by atoms with Crippen LogP contribution in [0.4, 0.5) is 0 Å². The average molecular weight is 337 g/mol. The highest BCUT2D eigenvalue weighted by molar-refractivity contribution is 5.85. The zero-order valence-corrected chi connectivity index (χ0v) is 14.2. The maximum Gasteiger partial charge on any atom is 0.177 e. The van der Waals surface area contributed by atoms with E-state index in [4.69, 9.17) is 9.72 Å². The van der Waals surface area contributed by atoms with Crippen LogP contribution in [0.1, 0.15) is 55.3 Å². The Morgan fingerprint density at radius 3 is 2.78 bits per heavy atom. The van der Waals surface area contributed by atoms with Crippen LogP contribution in [0, 0.1) is 0 Å². The van der Waals surface area contributed by atoms with Crippen LogP contribution in [0.2, 0.25) is 0 Å². The number of fused-ring (bicyclic) bond motifs is 1. The average Bonchev–Trinajstić information content (AvgIpc) is 2.82. The Hall–Kier alpha value is -1.17. The maximum atomic E-state index is 5.57. The number of ether oxygens (including phenoxy) is 1. The zero-order valence-electron chi connectivity index (χ0n) is 13.4. The van der Waals surface area contributed by atoms with Gasteiger partial charge in [0.1, 0.15) is 5.82 Å². The van der Waals surface area contributed by atoms with Crippen molar-refractivity contribution in [2.45, 2.75) is 43.9 Å². The van der Waals surface area contributed by atoms with Gasteiger partial charge >= 0.3 is 0 Å². The molecule has 2 N–H and O–H groups in total. The third kappa shape index (κ3) is 3.52. The highest BCUT2D eigenvalue weighted by Gasteiger charge is 2.22. The summed E-state index contributed by atoms with van der Waals surface area (Å²) in [4.78, 5) is 12.9. The van der Waals surface area contributed by atoms with E-state index in [9.17, 15) is 0 Å². The van der Waals surface area contributed by atoms with Crippen molar-refractivity contribution in [3.63, 3.8) is 0 Å². The first-order valence-corrected chi connectivity index (χ1v) is 8.55. The molecule has 0 spiro atoms. The minimum absolute atomic E-state index is 0. The van der Waals surface area contributed by atoms with E-state index in [0.29, 0.717) is 11.8 Å². The lowest BCUT2D eigenvalue weighted by atomic mass is 9.90. The Morgan fingerprint density at radius 1 is 1.04 bits per heavy atom. The number of hydrogen-bond acceptors (Lipinski definition) is 4. The summed E-state index contributed by atoms with van der Waals surface area (Å²) in [5.74, 6) is 2.21. The molecule has 4 rings (SSSR count). The molecule has 1 unspecified atom stereocenters. The van der Waals surface area contributed by atoms with Crippen LogP contribution in [-0.2, 0) is 4.74 Å². The van der Waals surface area contributed by atoms with Crippen LogP contribution < -0.4 is 5.32 Å². The van der Waals surface area contributed by atoms with Gasteiger partial charge in [0.25, 0.3) is 0 Å². The summed E-state index contributed by atoms with van der Waals surface area (Å²) in [6, 6.07) is 2.18. The molecule has 0 saturated carbocycles. The van der Waals surface area contributed by atoms with Crippen LogP contribution in [0.3, 0.4) is 0 Å². The molecule has 0 aromatic carbocycles. The number of pyridine rings is 1. The predicted molar refractivity (Wildman–Crippen MR) is 93.4 cm³/mol. The van der Waals surface area contributed by atoms with Crippen LogP contribution in [0.15, 0.2) is 12.3 Å². The number of nitrogens with one attached hydrogen (secondary N) is 2. The molecule has 2 aromatic heterocycles. The standard InChI is InChI=1S/C17H24N4O.ClH/c1-2-13(6-11-22-10-1)16-20-15-14(5-9-19-17(15)21-16)12-3-7-18-8-4-12;/h5,9,12-13,18H,1-4,6-8,10-11H2,(H,19,20,21);1H. The van der Waals surface area contributed by atoms with Gasteiger partial charge in [0.05, 0.1) is 5.52 Å². The van der Waals surface area contributed by atoms with Crippen LogP contribution in [0.5, 0.6) is 0 Å². The van der Waals surface area contributed by atoms with Gasteiger partial charge in [0, 0.05) is 25.3 Å². The summed E-state index contributed by atoms with van der Waals surface area (Å²) in [5, 5.41) is 3.44. The number of imidazole rings is 1. The number of rotatable bonds is 2. The summed E-state index contributed by atoms with van der Waals surface area (Å²) in [7, 11) is 0. The molecule has 23 heavy (non-hydrogen) atoms. The molecular formula is C17H25ClN4O. The molecule has 1 atom stereocenters. The summed E-state index contributed by atoms with van der Waals surface area (Å²) in [6.07, 6.45) is 7.65. The van der Waals surface area contributed by atoms with E-state index < -0.39 is 0 Å². The van der Waals surface area contributed by atoms with Gasteiger partial charge < -0.3 is 15.0 Å². The quantitative estimate of drug-likeness (QED) is 0.884. The Kier molecular flexibility index (Phi) is 5.51. The largest absolute Gasteiger partial charge is 0.381 e. The van der Waals surface area contributed by atoms with Gasteiger partial charge in [0.15, 0.2) is 5.65 Å². The first-order chi connectivity index (χ1) is 10.9. The first kappa shape index (κ1) is 16.7. The van der Waals surface area contributed by atoms with Gasteiger partial charge in [-0.05, 0) is 62.7 Å². The fourth-order valence-corrected chi connectivity index (χ4v) is 3.79. The zero-order chi connectivity index (χ0) is 14.8. The fraction of sp³-hybridized carbons (Fsp3) is 0.647. The van der Waals surface area contributed by atoms with Crippen LogP contribution in [-0.4, -0.2) is 41.3 Å². The fourth-order valence-electron chi connectivity index (χ4n) is 3.79. The SMILES string of the molecule is Cl.c1cc(C2CCNCC2)c2[nH]c(C3CCCOCC3)nc2n1. The third-order valence-corrected chi connectivity index (χ3v) is 5.06. The highest BCUT2D eigenvalue weighted by atomic mass is 35.5. The van der Waals surface area contributed by atoms with Crippen molar-refractivity contribution in [1.29, 1.82) is 0 Å². The van der Waals surface area contributed by atoms with Gasteiger partial charge in [0.2, 0.25) is 0 Å². The van der Waals surface area contributed by atoms with E-state index in [0.717, 1.165) is 62.6 Å². The number of aromatic nitrogens is 3. The van der Waals surface area contributed by atoms with Crippen molar-refractivity contribution >= 4 is 23.6 Å². The minimum Gasteiger partial charge on any atom is -0.381 e. The van der Waals surface area contributed by atoms with Gasteiger partial charge in [-0.3, -0.25) is 0 Å². The molecule has 2 aliphatic rings. The predicted octanol–water partition coefficient (Wildman–Crippen LogP) is 3.13. The van der Waals surface area contributed by atoms with Crippen LogP contribution in [0.25, 0.3) is 11.2 Å². The van der Waals surface area contributed by atoms with E-state index in [1.165, 1.54) is 18.4 Å². The monoisotopic (exact) mass is 336 g/mol. The lowest BCUT2D eigenvalue weighted by Crippen LogP contribution is -2.26. The van der Waals surface area contributed by atoms with E-state index in [-0.39, 0.29) is 12.4 Å². The van der Waals surface area contributed by atoms with Gasteiger partial charge in [-0.2, -0.15) is 0 Å². The molecule has 0 amide bonds. The van der Waals surface area contributed by atoms with Crippen molar-refractivity contribution in [3.05, 3.63) is 23.7 Å². The summed E-state index contributed by atoms with van der Waals surface area (Å²) in [5.41, 5.74) is 3.45. The number of aromatic amines is 1. The molecular weight excluding hydrogens is 312 g/mol. The number of H-pyrrole nitrogens is 1. The third-order valence-electron chi connectivity index (χ3n) is 5.06. The van der Waals surface area contributed by atoms with Crippen molar-refractivity contribution in [2.24, 2.45) is 0 Å². The second kappa shape index (κ2) is 7.60. The number of hydrogen-bond donors (Lipinski definition) is 2. The van der Waals surface area contributed by atoms with E-state index >= 15 is 0 Å². The molecule has 0 radical (unpaired) electrons. The Labute approximate surface area is 143 Å². The summed E-state index contributed by atoms with van der Waals surface area (Å²) in [6.45, 7) is 3.94. The first-order valence-electron chi connectivity index (χ1n) is 8.55. The lowest BCUT2D eigenvalue weighted by Gasteiger charge is -2.23. The molecule has 2 aromatic rings. The molecule has 0 aliphatic carbocycles. The van der Waals surface area contributed by atoms with Crippen LogP contribution >= 0.6 is 12.4 Å². The van der Waals surface area contributed by atoms with Gasteiger partial charge in [-0.25, -0.2) is 9.97 Å². The van der Waals surface area contributed by atoms with Gasteiger partial charge in [-0.1, -0.05) is 0 Å². The van der Waals surface area contributed by atoms with Gasteiger partial charge in [-0.15, -0.1) is 12.4 Å². The second-order valence-electron chi connectivity index (χ2n) is 6.49. The minimum atomic E-state index is 0. The Balaban J connectivity index is 0.00000156. The van der Waals surface area contributed by atoms with E-state index in [1.807, 2.05) is 6.20 Å².